The summed E-state index contributed by atoms with van der Waals surface area (Å²) in [6.07, 6.45) is 5.55. The molecule has 0 aliphatic carbocycles. The standard InChI is InChI=1S/C18H29N5O/c1-15(2)22-10-8-21(9-11-22)13-18(24)23-7-3-4-16(12-23)17-5-6-19-14-20-17/h5-6,14-16H,3-4,7-13H2,1-2H3/t16-/m1/s1. The van der Waals surface area contributed by atoms with Crippen LogP contribution < -0.4 is 0 Å². The minimum absolute atomic E-state index is 0.270. The maximum atomic E-state index is 12.7. The summed E-state index contributed by atoms with van der Waals surface area (Å²) in [6, 6.07) is 2.57. The Labute approximate surface area is 144 Å². The summed E-state index contributed by atoms with van der Waals surface area (Å²) in [7, 11) is 0. The van der Waals surface area contributed by atoms with Gasteiger partial charge in [-0.1, -0.05) is 0 Å². The van der Waals surface area contributed by atoms with Gasteiger partial charge < -0.3 is 4.90 Å². The van der Waals surface area contributed by atoms with Crippen molar-refractivity contribution >= 4 is 5.91 Å². The SMILES string of the molecule is CC(C)N1CCN(CC(=O)N2CCC[C@@H](c3ccncn3)C2)CC1. The second-order valence-corrected chi connectivity index (χ2v) is 7.22. The number of aromatic nitrogens is 2. The topological polar surface area (TPSA) is 52.6 Å². The molecule has 2 aliphatic rings. The van der Waals surface area contributed by atoms with Crippen LogP contribution in [0.2, 0.25) is 0 Å². The lowest BCUT2D eigenvalue weighted by Crippen LogP contribution is -2.52. The molecular weight excluding hydrogens is 302 g/mol. The smallest absolute Gasteiger partial charge is 0.236 e. The van der Waals surface area contributed by atoms with Crippen molar-refractivity contribution in [2.24, 2.45) is 0 Å². The van der Waals surface area contributed by atoms with E-state index in [0.29, 0.717) is 18.5 Å². The molecule has 6 nitrogen and oxygen atoms in total. The highest BCUT2D eigenvalue weighted by molar-refractivity contribution is 5.78. The van der Waals surface area contributed by atoms with Gasteiger partial charge >= 0.3 is 0 Å². The fourth-order valence-corrected chi connectivity index (χ4v) is 3.72. The quantitative estimate of drug-likeness (QED) is 0.830. The van der Waals surface area contributed by atoms with Crippen molar-refractivity contribution in [3.05, 3.63) is 24.3 Å². The Kier molecular flexibility index (Phi) is 5.79. The Morgan fingerprint density at radius 1 is 1.25 bits per heavy atom. The Morgan fingerprint density at radius 2 is 2.04 bits per heavy atom. The Morgan fingerprint density at radius 3 is 2.71 bits per heavy atom. The van der Waals surface area contributed by atoms with E-state index in [-0.39, 0.29) is 5.91 Å². The van der Waals surface area contributed by atoms with Crippen molar-refractivity contribution in [2.75, 3.05) is 45.8 Å². The molecule has 1 amide bonds. The third kappa shape index (κ3) is 4.30. The highest BCUT2D eigenvalue weighted by Gasteiger charge is 2.27. The van der Waals surface area contributed by atoms with Crippen molar-refractivity contribution in [3.8, 4) is 0 Å². The van der Waals surface area contributed by atoms with Gasteiger partial charge in [-0.25, -0.2) is 9.97 Å². The van der Waals surface area contributed by atoms with E-state index in [1.54, 1.807) is 12.5 Å². The fourth-order valence-electron chi connectivity index (χ4n) is 3.72. The Bertz CT molecular complexity index is 527. The van der Waals surface area contributed by atoms with Crippen LogP contribution in [-0.4, -0.2) is 82.4 Å². The first-order valence-electron chi connectivity index (χ1n) is 9.13. The zero-order chi connectivity index (χ0) is 16.9. The maximum Gasteiger partial charge on any atom is 0.236 e. The molecule has 2 saturated heterocycles. The van der Waals surface area contributed by atoms with Gasteiger partial charge in [0, 0.05) is 63.1 Å². The monoisotopic (exact) mass is 331 g/mol. The molecule has 2 fully saturated rings. The molecule has 0 radical (unpaired) electrons. The van der Waals surface area contributed by atoms with Crippen molar-refractivity contribution in [3.63, 3.8) is 0 Å². The highest BCUT2D eigenvalue weighted by Crippen LogP contribution is 2.25. The third-order valence-electron chi connectivity index (χ3n) is 5.29. The van der Waals surface area contributed by atoms with Crippen LogP contribution in [0, 0.1) is 0 Å². The molecule has 2 aliphatic heterocycles. The first kappa shape index (κ1) is 17.3. The van der Waals surface area contributed by atoms with Crippen molar-refractivity contribution in [1.29, 1.82) is 0 Å². The van der Waals surface area contributed by atoms with Gasteiger partial charge in [-0.2, -0.15) is 0 Å². The minimum atomic E-state index is 0.270. The first-order valence-corrected chi connectivity index (χ1v) is 9.13. The average Bonchev–Trinajstić information content (AvgIpc) is 2.63. The molecule has 3 rings (SSSR count). The first-order chi connectivity index (χ1) is 11.6. The molecule has 24 heavy (non-hydrogen) atoms. The summed E-state index contributed by atoms with van der Waals surface area (Å²) in [5, 5.41) is 0. The normalized spacial score (nSPS) is 23.6. The number of likely N-dealkylation sites (tertiary alicyclic amines) is 1. The third-order valence-corrected chi connectivity index (χ3v) is 5.29. The van der Waals surface area contributed by atoms with Crippen molar-refractivity contribution in [1.82, 2.24) is 24.7 Å². The predicted molar refractivity (Wildman–Crippen MR) is 93.7 cm³/mol. The van der Waals surface area contributed by atoms with Gasteiger partial charge in [-0.3, -0.25) is 14.6 Å². The summed E-state index contributed by atoms with van der Waals surface area (Å²) in [5.74, 6) is 0.621. The lowest BCUT2D eigenvalue weighted by Gasteiger charge is -2.38. The van der Waals surface area contributed by atoms with Crippen LogP contribution in [0.3, 0.4) is 0 Å². The molecule has 0 bridgehead atoms. The zero-order valence-corrected chi connectivity index (χ0v) is 14.9. The van der Waals surface area contributed by atoms with E-state index in [2.05, 4.69) is 33.6 Å². The lowest BCUT2D eigenvalue weighted by atomic mass is 9.94. The van der Waals surface area contributed by atoms with E-state index in [1.807, 2.05) is 11.0 Å². The molecule has 1 aromatic rings. The summed E-state index contributed by atoms with van der Waals surface area (Å²) >= 11 is 0. The zero-order valence-electron chi connectivity index (χ0n) is 14.9. The van der Waals surface area contributed by atoms with Crippen LogP contribution in [0.25, 0.3) is 0 Å². The summed E-state index contributed by atoms with van der Waals surface area (Å²) in [6.45, 7) is 10.8. The molecule has 0 unspecified atom stereocenters. The summed E-state index contributed by atoms with van der Waals surface area (Å²) < 4.78 is 0. The number of piperidine rings is 1. The fraction of sp³-hybridized carbons (Fsp3) is 0.722. The lowest BCUT2D eigenvalue weighted by molar-refractivity contribution is -0.134. The number of rotatable bonds is 4. The molecule has 0 spiro atoms. The molecule has 0 saturated carbocycles. The Balaban J connectivity index is 1.50. The van der Waals surface area contributed by atoms with Gasteiger partial charge in [-0.05, 0) is 32.8 Å². The van der Waals surface area contributed by atoms with Crippen LogP contribution in [0.1, 0.15) is 38.3 Å². The van der Waals surface area contributed by atoms with Gasteiger partial charge in [0.2, 0.25) is 5.91 Å². The average molecular weight is 331 g/mol. The minimum Gasteiger partial charge on any atom is -0.341 e. The van der Waals surface area contributed by atoms with E-state index in [4.69, 9.17) is 0 Å². The summed E-state index contributed by atoms with van der Waals surface area (Å²) in [5.41, 5.74) is 1.06. The number of carbonyl (C=O) groups excluding carboxylic acids is 1. The maximum absolute atomic E-state index is 12.7. The van der Waals surface area contributed by atoms with Gasteiger partial charge in [0.05, 0.1) is 6.54 Å². The van der Waals surface area contributed by atoms with Crippen molar-refractivity contribution in [2.45, 2.75) is 38.6 Å². The number of hydrogen-bond acceptors (Lipinski definition) is 5. The van der Waals surface area contributed by atoms with Gasteiger partial charge in [0.1, 0.15) is 6.33 Å². The highest BCUT2D eigenvalue weighted by atomic mass is 16.2. The van der Waals surface area contributed by atoms with Crippen molar-refractivity contribution < 1.29 is 4.79 Å². The number of piperazine rings is 1. The van der Waals surface area contributed by atoms with Gasteiger partial charge in [0.25, 0.3) is 0 Å². The largest absolute Gasteiger partial charge is 0.341 e. The molecular formula is C18H29N5O. The van der Waals surface area contributed by atoms with Gasteiger partial charge in [-0.15, -0.1) is 0 Å². The van der Waals surface area contributed by atoms with E-state index in [9.17, 15) is 4.79 Å². The van der Waals surface area contributed by atoms with E-state index in [1.165, 1.54) is 0 Å². The molecule has 1 aromatic heterocycles. The van der Waals surface area contributed by atoms with E-state index in [0.717, 1.165) is 57.8 Å². The number of hydrogen-bond donors (Lipinski definition) is 0. The molecule has 3 heterocycles. The molecule has 0 aromatic carbocycles. The number of amides is 1. The van der Waals surface area contributed by atoms with Gasteiger partial charge in [0.15, 0.2) is 0 Å². The number of carbonyl (C=O) groups is 1. The van der Waals surface area contributed by atoms with Crippen LogP contribution >= 0.6 is 0 Å². The van der Waals surface area contributed by atoms with Crippen LogP contribution in [0.4, 0.5) is 0 Å². The second-order valence-electron chi connectivity index (χ2n) is 7.22. The van der Waals surface area contributed by atoms with Crippen LogP contribution in [0.5, 0.6) is 0 Å². The number of nitrogens with zero attached hydrogens (tertiary/aromatic N) is 5. The molecule has 0 N–H and O–H groups in total. The molecule has 1 atom stereocenters. The van der Waals surface area contributed by atoms with Crippen LogP contribution in [0.15, 0.2) is 18.6 Å². The molecule has 6 heteroatoms. The molecule has 132 valence electrons. The van der Waals surface area contributed by atoms with E-state index >= 15 is 0 Å². The summed E-state index contributed by atoms with van der Waals surface area (Å²) in [4.78, 5) is 27.9. The van der Waals surface area contributed by atoms with E-state index < -0.39 is 0 Å². The van der Waals surface area contributed by atoms with Crippen LogP contribution in [-0.2, 0) is 4.79 Å². The second kappa shape index (κ2) is 8.03. The predicted octanol–water partition coefficient (Wildman–Crippen LogP) is 1.21. The Hall–Kier alpha value is -1.53.